The van der Waals surface area contributed by atoms with Gasteiger partial charge in [0.25, 0.3) is 0 Å². The molecule has 0 aromatic heterocycles. The lowest BCUT2D eigenvalue weighted by Crippen LogP contribution is -2.38. The summed E-state index contributed by atoms with van der Waals surface area (Å²) in [6.07, 6.45) is 1.89. The second-order valence-electron chi connectivity index (χ2n) is 5.84. The van der Waals surface area contributed by atoms with E-state index >= 15 is 0 Å². The highest BCUT2D eigenvalue weighted by Gasteiger charge is 2.19. The van der Waals surface area contributed by atoms with Crippen LogP contribution in [-0.4, -0.2) is 46.0 Å². The topological polar surface area (TPSA) is 75.7 Å². The lowest BCUT2D eigenvalue weighted by Gasteiger charge is -2.21. The highest BCUT2D eigenvalue weighted by molar-refractivity contribution is 7.89. The first-order valence-corrected chi connectivity index (χ1v) is 9.61. The van der Waals surface area contributed by atoms with E-state index in [1.807, 2.05) is 0 Å². The van der Waals surface area contributed by atoms with Gasteiger partial charge in [-0.05, 0) is 43.5 Å². The average molecular weight is 356 g/mol. The van der Waals surface area contributed by atoms with Crippen molar-refractivity contribution in [2.45, 2.75) is 45.4 Å². The van der Waals surface area contributed by atoms with Crippen molar-refractivity contribution in [2.24, 2.45) is 0 Å². The van der Waals surface area contributed by atoms with E-state index in [2.05, 4.69) is 11.6 Å². The fourth-order valence-corrected chi connectivity index (χ4v) is 3.77. The number of nitrogens with one attached hydrogen (secondary N) is 1. The molecule has 0 unspecified atom stereocenters. The molecule has 0 saturated carbocycles. The van der Waals surface area contributed by atoms with E-state index < -0.39 is 10.0 Å². The molecule has 0 fully saturated rings. The summed E-state index contributed by atoms with van der Waals surface area (Å²) in [7, 11) is -2.07. The molecule has 1 N–H and O–H groups in total. The van der Waals surface area contributed by atoms with E-state index in [0.717, 1.165) is 18.4 Å². The molecule has 0 bridgehead atoms. The molecule has 1 aromatic rings. The van der Waals surface area contributed by atoms with E-state index in [1.54, 1.807) is 38.0 Å². The minimum Gasteiger partial charge on any atom is -0.496 e. The number of rotatable bonds is 9. The summed E-state index contributed by atoms with van der Waals surface area (Å²) >= 11 is 0. The van der Waals surface area contributed by atoms with Gasteiger partial charge in [0.05, 0.1) is 12.0 Å². The fraction of sp³-hybridized carbons (Fsp3) is 0.588. The number of aryl methyl sites for hydroxylation is 2. The van der Waals surface area contributed by atoms with Gasteiger partial charge in [-0.15, -0.1) is 0 Å². The Morgan fingerprint density at radius 3 is 2.42 bits per heavy atom. The third kappa shape index (κ3) is 5.49. The first-order valence-electron chi connectivity index (χ1n) is 8.13. The number of nitrogens with zero attached hydrogens (tertiary/aromatic N) is 1. The Morgan fingerprint density at radius 2 is 1.88 bits per heavy atom. The van der Waals surface area contributed by atoms with Gasteiger partial charge in [0.1, 0.15) is 5.75 Å². The number of carbonyl (C=O) groups is 1. The lowest BCUT2D eigenvalue weighted by molar-refractivity contribution is -0.128. The number of benzene rings is 1. The number of hydrogen-bond acceptors (Lipinski definition) is 4. The smallest absolute Gasteiger partial charge is 0.240 e. The van der Waals surface area contributed by atoms with Crippen molar-refractivity contribution in [1.82, 2.24) is 9.62 Å². The first kappa shape index (κ1) is 20.4. The van der Waals surface area contributed by atoms with Gasteiger partial charge in [0.15, 0.2) is 0 Å². The van der Waals surface area contributed by atoms with Gasteiger partial charge in [-0.25, -0.2) is 13.1 Å². The average Bonchev–Trinajstić information content (AvgIpc) is 2.51. The number of unbranched alkanes of at least 4 members (excludes halogenated alkanes) is 1. The number of carbonyl (C=O) groups excluding carboxylic acids is 1. The third-order valence-corrected chi connectivity index (χ3v) is 5.49. The van der Waals surface area contributed by atoms with Crippen molar-refractivity contribution in [3.05, 3.63) is 23.3 Å². The lowest BCUT2D eigenvalue weighted by atomic mass is 10.1. The number of hydrogen-bond donors (Lipinski definition) is 1. The monoisotopic (exact) mass is 356 g/mol. The predicted molar refractivity (Wildman–Crippen MR) is 94.8 cm³/mol. The van der Waals surface area contributed by atoms with Gasteiger partial charge >= 0.3 is 0 Å². The summed E-state index contributed by atoms with van der Waals surface area (Å²) in [5, 5.41) is 0. The van der Waals surface area contributed by atoms with Crippen LogP contribution in [0.4, 0.5) is 0 Å². The Balaban J connectivity index is 2.80. The molecule has 6 nitrogen and oxygen atoms in total. The number of amides is 1. The molecule has 0 atom stereocenters. The van der Waals surface area contributed by atoms with Crippen LogP contribution in [0.2, 0.25) is 0 Å². The molecule has 7 heteroatoms. The quantitative estimate of drug-likeness (QED) is 0.736. The van der Waals surface area contributed by atoms with E-state index in [1.165, 1.54) is 6.92 Å². The zero-order valence-corrected chi connectivity index (χ0v) is 16.0. The molecule has 0 heterocycles. The Bertz CT molecular complexity index is 671. The first-order chi connectivity index (χ1) is 11.2. The molecule has 0 aliphatic carbocycles. The van der Waals surface area contributed by atoms with E-state index in [0.29, 0.717) is 24.4 Å². The van der Waals surface area contributed by atoms with Crippen molar-refractivity contribution in [3.8, 4) is 5.75 Å². The predicted octanol–water partition coefficient (Wildman–Crippen LogP) is 2.24. The molecule has 0 spiro atoms. The van der Waals surface area contributed by atoms with Gasteiger partial charge in [-0.1, -0.05) is 13.3 Å². The molecule has 0 radical (unpaired) electrons. The second-order valence-corrected chi connectivity index (χ2v) is 7.58. The second kappa shape index (κ2) is 9.03. The Morgan fingerprint density at radius 1 is 1.21 bits per heavy atom. The number of sulfonamides is 1. The minimum absolute atomic E-state index is 0.0425. The largest absolute Gasteiger partial charge is 0.496 e. The maximum absolute atomic E-state index is 12.5. The van der Waals surface area contributed by atoms with Crippen LogP contribution in [0.25, 0.3) is 0 Å². The molecular weight excluding hydrogens is 328 g/mol. The molecule has 0 aliphatic rings. The van der Waals surface area contributed by atoms with E-state index in [9.17, 15) is 13.2 Å². The molecule has 1 amide bonds. The molecule has 0 aliphatic heterocycles. The van der Waals surface area contributed by atoms with Crippen LogP contribution in [0.5, 0.6) is 5.75 Å². The summed E-state index contributed by atoms with van der Waals surface area (Å²) in [6.45, 7) is 8.29. The maximum Gasteiger partial charge on any atom is 0.240 e. The van der Waals surface area contributed by atoms with E-state index in [4.69, 9.17) is 4.74 Å². The van der Waals surface area contributed by atoms with Gasteiger partial charge in [0, 0.05) is 26.6 Å². The Labute approximate surface area is 145 Å². The third-order valence-electron chi connectivity index (χ3n) is 3.88. The molecule has 0 saturated heterocycles. The normalized spacial score (nSPS) is 11.4. The van der Waals surface area contributed by atoms with Crippen molar-refractivity contribution >= 4 is 15.9 Å². The van der Waals surface area contributed by atoms with Crippen LogP contribution >= 0.6 is 0 Å². The van der Waals surface area contributed by atoms with Crippen LogP contribution in [0, 0.1) is 13.8 Å². The summed E-state index contributed by atoms with van der Waals surface area (Å²) in [6, 6.07) is 3.32. The molecule has 1 aromatic carbocycles. The molecule has 136 valence electrons. The van der Waals surface area contributed by atoms with Gasteiger partial charge < -0.3 is 9.64 Å². The zero-order chi connectivity index (χ0) is 18.3. The fourth-order valence-electron chi connectivity index (χ4n) is 2.44. The summed E-state index contributed by atoms with van der Waals surface area (Å²) in [5.41, 5.74) is 1.39. The Kier molecular flexibility index (Phi) is 7.69. The minimum atomic E-state index is -3.62. The van der Waals surface area contributed by atoms with Crippen LogP contribution in [0.3, 0.4) is 0 Å². The van der Waals surface area contributed by atoms with E-state index in [-0.39, 0.29) is 17.3 Å². The maximum atomic E-state index is 12.5. The highest BCUT2D eigenvalue weighted by atomic mass is 32.2. The van der Waals surface area contributed by atoms with Gasteiger partial charge in [0.2, 0.25) is 15.9 Å². The molecule has 1 rings (SSSR count). The van der Waals surface area contributed by atoms with Crippen LogP contribution in [0.15, 0.2) is 17.0 Å². The van der Waals surface area contributed by atoms with Gasteiger partial charge in [-0.3, -0.25) is 4.79 Å². The highest BCUT2D eigenvalue weighted by Crippen LogP contribution is 2.25. The molecule has 24 heavy (non-hydrogen) atoms. The zero-order valence-electron chi connectivity index (χ0n) is 15.2. The standard InChI is InChI=1S/C17H28N2O4S/c1-6-7-9-19(15(4)20)10-8-18-24(21,22)17-12-13(2)16(23-5)11-14(17)3/h11-12,18H,6-10H2,1-5H3. The number of ether oxygens (including phenoxy) is 1. The van der Waals surface area contributed by atoms with Crippen LogP contribution in [0.1, 0.15) is 37.8 Å². The van der Waals surface area contributed by atoms with Crippen LogP contribution in [-0.2, 0) is 14.8 Å². The van der Waals surface area contributed by atoms with Crippen molar-refractivity contribution in [2.75, 3.05) is 26.7 Å². The van der Waals surface area contributed by atoms with Crippen molar-refractivity contribution < 1.29 is 17.9 Å². The van der Waals surface area contributed by atoms with Crippen LogP contribution < -0.4 is 9.46 Å². The number of methoxy groups -OCH3 is 1. The van der Waals surface area contributed by atoms with Crippen molar-refractivity contribution in [1.29, 1.82) is 0 Å². The SMILES string of the molecule is CCCCN(CCNS(=O)(=O)c1cc(C)c(OC)cc1C)C(C)=O. The summed E-state index contributed by atoms with van der Waals surface area (Å²) in [5.74, 6) is 0.618. The van der Waals surface area contributed by atoms with Gasteiger partial charge in [-0.2, -0.15) is 0 Å². The Hall–Kier alpha value is -1.60. The molecular formula is C17H28N2O4S. The summed E-state index contributed by atoms with van der Waals surface area (Å²) < 4.78 is 32.8. The summed E-state index contributed by atoms with van der Waals surface area (Å²) in [4.78, 5) is 13.5. The van der Waals surface area contributed by atoms with Crippen molar-refractivity contribution in [3.63, 3.8) is 0 Å².